The zero-order valence-corrected chi connectivity index (χ0v) is 20.9. The van der Waals surface area contributed by atoms with Crippen LogP contribution in [0.2, 0.25) is 0 Å². The quantitative estimate of drug-likeness (QED) is 0.583. The van der Waals surface area contributed by atoms with E-state index in [1.807, 2.05) is 32.0 Å². The molecular formula is C25H36N4O3S. The Kier molecular flexibility index (Phi) is 8.37. The van der Waals surface area contributed by atoms with Crippen molar-refractivity contribution in [2.75, 3.05) is 48.9 Å². The Hall–Kier alpha value is -2.58. The molecule has 1 fully saturated rings. The van der Waals surface area contributed by atoms with Gasteiger partial charge in [-0.15, -0.1) is 0 Å². The minimum Gasteiger partial charge on any atom is -0.367 e. The third-order valence-electron chi connectivity index (χ3n) is 5.87. The van der Waals surface area contributed by atoms with Gasteiger partial charge in [-0.3, -0.25) is 9.52 Å². The smallest absolute Gasteiger partial charge is 0.261 e. The first-order chi connectivity index (χ1) is 15.7. The third kappa shape index (κ3) is 6.26. The van der Waals surface area contributed by atoms with E-state index in [-0.39, 0.29) is 10.8 Å². The van der Waals surface area contributed by atoms with Crippen molar-refractivity contribution in [1.29, 1.82) is 0 Å². The molecule has 3 rings (SSSR count). The van der Waals surface area contributed by atoms with E-state index in [0.29, 0.717) is 30.3 Å². The van der Waals surface area contributed by atoms with Gasteiger partial charge >= 0.3 is 0 Å². The fraction of sp³-hybridized carbons (Fsp3) is 0.480. The van der Waals surface area contributed by atoms with E-state index in [0.717, 1.165) is 43.9 Å². The Morgan fingerprint density at radius 2 is 1.70 bits per heavy atom. The zero-order chi connectivity index (χ0) is 24.0. The largest absolute Gasteiger partial charge is 0.367 e. The normalized spacial score (nSPS) is 14.4. The van der Waals surface area contributed by atoms with Gasteiger partial charge in [0.2, 0.25) is 0 Å². The summed E-state index contributed by atoms with van der Waals surface area (Å²) in [5.41, 5.74) is 2.80. The van der Waals surface area contributed by atoms with Crippen LogP contribution in [0.1, 0.15) is 43.6 Å². The van der Waals surface area contributed by atoms with E-state index in [9.17, 15) is 13.2 Å². The second-order valence-corrected chi connectivity index (χ2v) is 10.5. The van der Waals surface area contributed by atoms with Crippen LogP contribution in [0.5, 0.6) is 0 Å². The monoisotopic (exact) mass is 472 g/mol. The number of nitrogens with zero attached hydrogens (tertiary/aromatic N) is 2. The standard InChI is InChI=1S/C25H36N4O3S/c1-5-28(6-2)25(30)21-9-12-24(29-15-13-26-14-16-29)23(18-21)27-33(31,32)22-10-7-20(8-11-22)17-19(3)4/h7-12,18-19,26-27H,5-6,13-17H2,1-4H3. The predicted octanol–water partition coefficient (Wildman–Crippen LogP) is 3.58. The summed E-state index contributed by atoms with van der Waals surface area (Å²) in [5, 5.41) is 3.32. The van der Waals surface area contributed by atoms with Gasteiger partial charge in [0.25, 0.3) is 15.9 Å². The van der Waals surface area contributed by atoms with Crippen LogP contribution in [0.3, 0.4) is 0 Å². The minimum absolute atomic E-state index is 0.106. The van der Waals surface area contributed by atoms with Crippen molar-refractivity contribution in [2.24, 2.45) is 5.92 Å². The van der Waals surface area contributed by atoms with Crippen LogP contribution in [0.25, 0.3) is 0 Å². The number of carbonyl (C=O) groups is 1. The summed E-state index contributed by atoms with van der Waals surface area (Å²) in [7, 11) is -3.81. The molecule has 0 aliphatic carbocycles. The maximum absolute atomic E-state index is 13.3. The maximum Gasteiger partial charge on any atom is 0.261 e. The molecule has 0 radical (unpaired) electrons. The number of benzene rings is 2. The summed E-state index contributed by atoms with van der Waals surface area (Å²) >= 11 is 0. The molecule has 0 unspecified atom stereocenters. The number of nitrogens with one attached hydrogen (secondary N) is 2. The van der Waals surface area contributed by atoms with E-state index in [1.165, 1.54) is 0 Å². The highest BCUT2D eigenvalue weighted by atomic mass is 32.2. The summed E-state index contributed by atoms with van der Waals surface area (Å²) in [6.45, 7) is 12.5. The van der Waals surface area contributed by atoms with Crippen LogP contribution in [0.15, 0.2) is 47.4 Å². The molecule has 1 aliphatic rings. The first-order valence-electron chi connectivity index (χ1n) is 11.8. The highest BCUT2D eigenvalue weighted by Gasteiger charge is 2.22. The second-order valence-electron chi connectivity index (χ2n) is 8.79. The molecule has 0 atom stereocenters. The Labute approximate surface area is 198 Å². The highest BCUT2D eigenvalue weighted by molar-refractivity contribution is 7.92. The average Bonchev–Trinajstić information content (AvgIpc) is 2.80. The minimum atomic E-state index is -3.81. The summed E-state index contributed by atoms with van der Waals surface area (Å²) in [6.07, 6.45) is 0.899. The second kappa shape index (κ2) is 11.0. The average molecular weight is 473 g/mol. The Morgan fingerprint density at radius 1 is 1.06 bits per heavy atom. The van der Waals surface area contributed by atoms with Crippen molar-refractivity contribution >= 4 is 27.3 Å². The van der Waals surface area contributed by atoms with Gasteiger partial charge in [0.1, 0.15) is 0 Å². The molecule has 2 N–H and O–H groups in total. The molecule has 2 aromatic rings. The van der Waals surface area contributed by atoms with E-state index in [4.69, 9.17) is 0 Å². The predicted molar refractivity (Wildman–Crippen MR) is 135 cm³/mol. The van der Waals surface area contributed by atoms with E-state index < -0.39 is 10.0 Å². The van der Waals surface area contributed by atoms with Gasteiger partial charge in [-0.2, -0.15) is 0 Å². The van der Waals surface area contributed by atoms with Crippen LogP contribution in [-0.4, -0.2) is 58.5 Å². The fourth-order valence-electron chi connectivity index (χ4n) is 4.11. The molecule has 8 heteroatoms. The molecular weight excluding hydrogens is 436 g/mol. The van der Waals surface area contributed by atoms with Crippen LogP contribution in [0, 0.1) is 5.92 Å². The summed E-state index contributed by atoms with van der Waals surface area (Å²) in [4.78, 5) is 17.0. The van der Waals surface area contributed by atoms with Crippen molar-refractivity contribution < 1.29 is 13.2 Å². The molecule has 0 spiro atoms. The molecule has 1 saturated heterocycles. The molecule has 1 amide bonds. The molecule has 33 heavy (non-hydrogen) atoms. The lowest BCUT2D eigenvalue weighted by Gasteiger charge is -2.31. The van der Waals surface area contributed by atoms with Gasteiger partial charge < -0.3 is 15.1 Å². The third-order valence-corrected chi connectivity index (χ3v) is 7.26. The Balaban J connectivity index is 1.95. The summed E-state index contributed by atoms with van der Waals surface area (Å²) in [6, 6.07) is 12.3. The van der Waals surface area contributed by atoms with Crippen LogP contribution >= 0.6 is 0 Å². The van der Waals surface area contributed by atoms with Crippen LogP contribution in [0.4, 0.5) is 11.4 Å². The zero-order valence-electron chi connectivity index (χ0n) is 20.1. The van der Waals surface area contributed by atoms with Crippen LogP contribution in [-0.2, 0) is 16.4 Å². The number of piperazine rings is 1. The molecule has 180 valence electrons. The van der Waals surface area contributed by atoms with Crippen molar-refractivity contribution in [3.63, 3.8) is 0 Å². The summed E-state index contributed by atoms with van der Waals surface area (Å²) < 4.78 is 29.3. The van der Waals surface area contributed by atoms with Crippen LogP contribution < -0.4 is 14.9 Å². The first kappa shape index (κ1) is 25.1. The number of hydrogen-bond acceptors (Lipinski definition) is 5. The van der Waals surface area contributed by atoms with Gasteiger partial charge in [0.15, 0.2) is 0 Å². The lowest BCUT2D eigenvalue weighted by atomic mass is 10.0. The van der Waals surface area contributed by atoms with Crippen molar-refractivity contribution in [2.45, 2.75) is 39.0 Å². The van der Waals surface area contributed by atoms with Crippen molar-refractivity contribution in [3.05, 3.63) is 53.6 Å². The van der Waals surface area contributed by atoms with Crippen molar-refractivity contribution in [1.82, 2.24) is 10.2 Å². The molecule has 0 aromatic heterocycles. The molecule has 1 heterocycles. The number of amides is 1. The number of sulfonamides is 1. The molecule has 2 aromatic carbocycles. The Morgan fingerprint density at radius 3 is 2.27 bits per heavy atom. The van der Waals surface area contributed by atoms with E-state index >= 15 is 0 Å². The number of hydrogen-bond donors (Lipinski definition) is 2. The van der Waals surface area contributed by atoms with Gasteiger partial charge in [-0.25, -0.2) is 8.42 Å². The van der Waals surface area contributed by atoms with Gasteiger partial charge in [-0.1, -0.05) is 26.0 Å². The maximum atomic E-state index is 13.3. The van der Waals surface area contributed by atoms with Gasteiger partial charge in [-0.05, 0) is 62.1 Å². The van der Waals surface area contributed by atoms with E-state index in [1.54, 1.807) is 29.2 Å². The molecule has 0 saturated carbocycles. The summed E-state index contributed by atoms with van der Waals surface area (Å²) in [5.74, 6) is 0.392. The molecule has 0 bridgehead atoms. The SMILES string of the molecule is CCN(CC)C(=O)c1ccc(N2CCNCC2)c(NS(=O)(=O)c2ccc(CC(C)C)cc2)c1. The number of anilines is 2. The highest BCUT2D eigenvalue weighted by Crippen LogP contribution is 2.30. The van der Waals surface area contributed by atoms with Crippen molar-refractivity contribution in [3.8, 4) is 0 Å². The first-order valence-corrected chi connectivity index (χ1v) is 13.2. The lowest BCUT2D eigenvalue weighted by molar-refractivity contribution is 0.0773. The number of rotatable bonds is 9. The fourth-order valence-corrected chi connectivity index (χ4v) is 5.17. The topological polar surface area (TPSA) is 81.8 Å². The molecule has 1 aliphatic heterocycles. The lowest BCUT2D eigenvalue weighted by Crippen LogP contribution is -2.43. The van der Waals surface area contributed by atoms with E-state index in [2.05, 4.69) is 28.8 Å². The van der Waals surface area contributed by atoms with Gasteiger partial charge in [0, 0.05) is 44.8 Å². The molecule has 7 nitrogen and oxygen atoms in total. The van der Waals surface area contributed by atoms with Gasteiger partial charge in [0.05, 0.1) is 16.3 Å². The Bertz CT molecular complexity index is 1040. The number of carbonyl (C=O) groups excluding carboxylic acids is 1.